The van der Waals surface area contributed by atoms with Crippen molar-refractivity contribution in [2.24, 2.45) is 29.4 Å². The minimum atomic E-state index is 0.424. The Balaban J connectivity index is 1.61. The summed E-state index contributed by atoms with van der Waals surface area (Å²) in [7, 11) is 0. The van der Waals surface area contributed by atoms with Crippen molar-refractivity contribution < 1.29 is 0 Å². The van der Waals surface area contributed by atoms with Gasteiger partial charge >= 0.3 is 0 Å². The zero-order valence-corrected chi connectivity index (χ0v) is 11.4. The minimum absolute atomic E-state index is 0.424. The van der Waals surface area contributed by atoms with E-state index in [1.54, 1.807) is 0 Å². The van der Waals surface area contributed by atoms with Crippen LogP contribution in [0.2, 0.25) is 0 Å². The number of hydrogen-bond donors (Lipinski definition) is 1. The van der Waals surface area contributed by atoms with Gasteiger partial charge in [-0.05, 0) is 68.9 Å². The van der Waals surface area contributed by atoms with Gasteiger partial charge in [0.05, 0.1) is 0 Å². The molecular formula is C15H28N2. The van der Waals surface area contributed by atoms with E-state index in [1.807, 2.05) is 0 Å². The molecular weight excluding hydrogens is 208 g/mol. The fraction of sp³-hybridized carbons (Fsp3) is 1.00. The zero-order chi connectivity index (χ0) is 12.0. The molecule has 0 radical (unpaired) electrons. The first-order valence-corrected chi connectivity index (χ1v) is 7.64. The molecule has 0 aromatic carbocycles. The van der Waals surface area contributed by atoms with Gasteiger partial charge in [0.2, 0.25) is 0 Å². The SMILES string of the molecule is CC(C)C(N)CC1CC2C3CCN(CC3)C2C1. The van der Waals surface area contributed by atoms with Crippen molar-refractivity contribution in [1.29, 1.82) is 0 Å². The van der Waals surface area contributed by atoms with Crippen LogP contribution in [0.3, 0.4) is 0 Å². The first-order valence-electron chi connectivity index (χ1n) is 7.64. The fourth-order valence-corrected chi connectivity index (χ4v) is 4.61. The lowest BCUT2D eigenvalue weighted by Gasteiger charge is -2.48. The maximum Gasteiger partial charge on any atom is 0.0129 e. The van der Waals surface area contributed by atoms with Crippen LogP contribution < -0.4 is 5.73 Å². The summed E-state index contributed by atoms with van der Waals surface area (Å²) < 4.78 is 0. The van der Waals surface area contributed by atoms with Gasteiger partial charge in [-0.15, -0.1) is 0 Å². The van der Waals surface area contributed by atoms with Gasteiger partial charge in [-0.3, -0.25) is 0 Å². The molecule has 0 spiro atoms. The second-order valence-electron chi connectivity index (χ2n) is 7.09. The molecule has 0 aromatic rings. The van der Waals surface area contributed by atoms with Crippen LogP contribution in [0.1, 0.15) is 46.0 Å². The Morgan fingerprint density at radius 3 is 2.47 bits per heavy atom. The van der Waals surface area contributed by atoms with Gasteiger partial charge in [0.15, 0.2) is 0 Å². The first kappa shape index (κ1) is 12.0. The molecule has 2 bridgehead atoms. The predicted octanol–water partition coefficient (Wildman–Crippen LogP) is 2.48. The van der Waals surface area contributed by atoms with Gasteiger partial charge in [-0.1, -0.05) is 13.8 Å². The van der Waals surface area contributed by atoms with Crippen LogP contribution in [-0.4, -0.2) is 30.1 Å². The molecule has 98 valence electrons. The number of fused-ring (bicyclic) bond motifs is 2. The molecule has 0 aromatic heterocycles. The van der Waals surface area contributed by atoms with Crippen molar-refractivity contribution in [3.05, 3.63) is 0 Å². The van der Waals surface area contributed by atoms with E-state index in [9.17, 15) is 0 Å². The maximum atomic E-state index is 6.26. The molecule has 4 rings (SSSR count). The Kier molecular flexibility index (Phi) is 3.20. The lowest BCUT2D eigenvalue weighted by atomic mass is 9.75. The van der Waals surface area contributed by atoms with Gasteiger partial charge in [0.1, 0.15) is 0 Å². The second-order valence-corrected chi connectivity index (χ2v) is 7.09. The van der Waals surface area contributed by atoms with E-state index in [0.717, 1.165) is 23.8 Å². The second kappa shape index (κ2) is 4.55. The van der Waals surface area contributed by atoms with Crippen molar-refractivity contribution in [3.63, 3.8) is 0 Å². The van der Waals surface area contributed by atoms with Crippen LogP contribution in [-0.2, 0) is 0 Å². The highest BCUT2D eigenvalue weighted by molar-refractivity contribution is 5.00. The van der Waals surface area contributed by atoms with E-state index < -0.39 is 0 Å². The highest BCUT2D eigenvalue weighted by Crippen LogP contribution is 2.48. The Morgan fingerprint density at radius 2 is 1.88 bits per heavy atom. The summed E-state index contributed by atoms with van der Waals surface area (Å²) in [5.74, 6) is 3.66. The number of nitrogens with two attached hydrogens (primary N) is 1. The topological polar surface area (TPSA) is 29.3 Å². The molecule has 1 aliphatic carbocycles. The molecule has 4 aliphatic rings. The molecule has 4 atom stereocenters. The summed E-state index contributed by atoms with van der Waals surface area (Å²) in [5, 5.41) is 0. The van der Waals surface area contributed by atoms with E-state index in [1.165, 1.54) is 45.2 Å². The summed E-state index contributed by atoms with van der Waals surface area (Å²) in [6.45, 7) is 7.29. The summed E-state index contributed by atoms with van der Waals surface area (Å²) in [6, 6.07) is 1.36. The van der Waals surface area contributed by atoms with Crippen LogP contribution in [0, 0.1) is 23.7 Å². The monoisotopic (exact) mass is 236 g/mol. The van der Waals surface area contributed by atoms with Crippen LogP contribution in [0.4, 0.5) is 0 Å². The molecule has 2 heteroatoms. The quantitative estimate of drug-likeness (QED) is 0.815. The summed E-state index contributed by atoms with van der Waals surface area (Å²) in [6.07, 6.45) is 7.15. The van der Waals surface area contributed by atoms with Gasteiger partial charge in [0.25, 0.3) is 0 Å². The minimum Gasteiger partial charge on any atom is -0.327 e. The maximum absolute atomic E-state index is 6.26. The van der Waals surface area contributed by atoms with Crippen molar-refractivity contribution >= 4 is 0 Å². The Bertz CT molecular complexity index is 248. The smallest absolute Gasteiger partial charge is 0.0129 e. The first-order chi connectivity index (χ1) is 8.15. The van der Waals surface area contributed by atoms with Crippen molar-refractivity contribution in [2.45, 2.75) is 58.0 Å². The lowest BCUT2D eigenvalue weighted by Crippen LogP contribution is -2.52. The predicted molar refractivity (Wildman–Crippen MR) is 71.7 cm³/mol. The van der Waals surface area contributed by atoms with Crippen LogP contribution in [0.15, 0.2) is 0 Å². The van der Waals surface area contributed by atoms with E-state index in [-0.39, 0.29) is 0 Å². The molecule has 3 heterocycles. The number of nitrogens with zero attached hydrogens (tertiary/aromatic N) is 1. The zero-order valence-electron chi connectivity index (χ0n) is 11.4. The van der Waals surface area contributed by atoms with Crippen LogP contribution in [0.5, 0.6) is 0 Å². The van der Waals surface area contributed by atoms with Gasteiger partial charge in [0, 0.05) is 12.1 Å². The summed E-state index contributed by atoms with van der Waals surface area (Å²) in [5.41, 5.74) is 6.26. The van der Waals surface area contributed by atoms with E-state index in [4.69, 9.17) is 5.73 Å². The highest BCUT2D eigenvalue weighted by Gasteiger charge is 2.47. The van der Waals surface area contributed by atoms with E-state index in [2.05, 4.69) is 18.7 Å². The van der Waals surface area contributed by atoms with Crippen molar-refractivity contribution in [2.75, 3.05) is 13.1 Å². The molecule has 17 heavy (non-hydrogen) atoms. The standard InChI is InChI=1S/C15H28N2/c1-10(2)14(16)8-11-7-13-12-3-5-17(6-4-12)15(13)9-11/h10-15H,3-9,16H2,1-2H3. The third kappa shape index (κ3) is 2.15. The van der Waals surface area contributed by atoms with Crippen molar-refractivity contribution in [1.82, 2.24) is 4.90 Å². The fourth-order valence-electron chi connectivity index (χ4n) is 4.61. The number of rotatable bonds is 3. The molecule has 0 amide bonds. The number of piperidine rings is 3. The highest BCUT2D eigenvalue weighted by atomic mass is 15.2. The van der Waals surface area contributed by atoms with Gasteiger partial charge in [-0.2, -0.15) is 0 Å². The molecule has 4 fully saturated rings. The third-order valence-electron chi connectivity index (χ3n) is 5.79. The van der Waals surface area contributed by atoms with Crippen LogP contribution >= 0.6 is 0 Å². The van der Waals surface area contributed by atoms with E-state index in [0.29, 0.717) is 12.0 Å². The molecule has 1 saturated carbocycles. The molecule has 4 unspecified atom stereocenters. The Hall–Kier alpha value is -0.0800. The van der Waals surface area contributed by atoms with E-state index >= 15 is 0 Å². The molecule has 2 nitrogen and oxygen atoms in total. The largest absolute Gasteiger partial charge is 0.327 e. The van der Waals surface area contributed by atoms with Crippen molar-refractivity contribution in [3.8, 4) is 0 Å². The molecule has 3 aliphatic heterocycles. The van der Waals surface area contributed by atoms with Gasteiger partial charge in [-0.25, -0.2) is 0 Å². The Morgan fingerprint density at radius 1 is 1.18 bits per heavy atom. The lowest BCUT2D eigenvalue weighted by molar-refractivity contribution is 0.00792. The molecule has 2 N–H and O–H groups in total. The third-order valence-corrected chi connectivity index (χ3v) is 5.79. The average Bonchev–Trinajstić information content (AvgIpc) is 2.75. The Labute approximate surface area is 106 Å². The average molecular weight is 236 g/mol. The van der Waals surface area contributed by atoms with Gasteiger partial charge < -0.3 is 10.6 Å². The number of hydrogen-bond acceptors (Lipinski definition) is 2. The molecule has 3 saturated heterocycles. The van der Waals surface area contributed by atoms with Crippen LogP contribution in [0.25, 0.3) is 0 Å². The summed E-state index contributed by atoms with van der Waals surface area (Å²) in [4.78, 5) is 2.78. The summed E-state index contributed by atoms with van der Waals surface area (Å²) >= 11 is 0. The normalized spacial score (nSPS) is 46.2.